The summed E-state index contributed by atoms with van der Waals surface area (Å²) in [5.41, 5.74) is 3.03. The summed E-state index contributed by atoms with van der Waals surface area (Å²) in [7, 11) is 1.84. The summed E-state index contributed by atoms with van der Waals surface area (Å²) in [4.78, 5) is 13.8. The molecular weight excluding hydrogens is 311 g/mol. The predicted octanol–water partition coefficient (Wildman–Crippen LogP) is 3.74. The van der Waals surface area contributed by atoms with E-state index in [1.165, 1.54) is 0 Å². The quantitative estimate of drug-likeness (QED) is 0.772. The molecule has 0 radical (unpaired) electrons. The molecule has 1 heterocycles. The fraction of sp³-hybridized carbons (Fsp3) is 0.133. The van der Waals surface area contributed by atoms with Crippen molar-refractivity contribution in [1.29, 1.82) is 0 Å². The van der Waals surface area contributed by atoms with E-state index in [1.807, 2.05) is 31.3 Å². The summed E-state index contributed by atoms with van der Waals surface area (Å²) in [6.45, 7) is 0. The van der Waals surface area contributed by atoms with Crippen LogP contribution in [-0.2, 0) is 0 Å². The van der Waals surface area contributed by atoms with Gasteiger partial charge in [0, 0.05) is 10.0 Å². The van der Waals surface area contributed by atoms with E-state index < -0.39 is 5.76 Å². The van der Waals surface area contributed by atoms with Gasteiger partial charge in [0.05, 0.1) is 11.6 Å². The van der Waals surface area contributed by atoms with Crippen molar-refractivity contribution in [2.24, 2.45) is 0 Å². The van der Waals surface area contributed by atoms with Crippen molar-refractivity contribution >= 4 is 34.3 Å². The summed E-state index contributed by atoms with van der Waals surface area (Å²) in [5, 5.41) is 4.38. The van der Waals surface area contributed by atoms with Crippen molar-refractivity contribution in [2.45, 2.75) is 6.04 Å². The van der Waals surface area contributed by atoms with Crippen molar-refractivity contribution in [3.05, 3.63) is 68.1 Å². The highest BCUT2D eigenvalue weighted by molar-refractivity contribution is 6.35. The first-order valence-electron chi connectivity index (χ1n) is 6.33. The molecule has 0 saturated heterocycles. The number of oxazole rings is 1. The monoisotopic (exact) mass is 322 g/mol. The van der Waals surface area contributed by atoms with Gasteiger partial charge >= 0.3 is 5.76 Å². The minimum absolute atomic E-state index is 0.126. The molecule has 0 aliphatic rings. The van der Waals surface area contributed by atoms with E-state index >= 15 is 0 Å². The van der Waals surface area contributed by atoms with E-state index in [2.05, 4.69) is 10.3 Å². The lowest BCUT2D eigenvalue weighted by molar-refractivity contribution is 0.554. The average molecular weight is 323 g/mol. The molecule has 0 spiro atoms. The van der Waals surface area contributed by atoms with Crippen LogP contribution in [0.4, 0.5) is 0 Å². The Morgan fingerprint density at radius 3 is 2.71 bits per heavy atom. The molecular formula is C15H12Cl2N2O2. The number of hydrogen-bond donors (Lipinski definition) is 2. The van der Waals surface area contributed by atoms with Gasteiger partial charge in [-0.3, -0.25) is 4.98 Å². The first-order chi connectivity index (χ1) is 10.1. The van der Waals surface area contributed by atoms with E-state index in [-0.39, 0.29) is 6.04 Å². The summed E-state index contributed by atoms with van der Waals surface area (Å²) in [6.07, 6.45) is 0. The number of fused-ring (bicyclic) bond motifs is 1. The lowest BCUT2D eigenvalue weighted by Crippen LogP contribution is -2.18. The molecule has 2 N–H and O–H groups in total. The standard InChI is InChI=1S/C15H12Cl2N2O2/c1-18-14(10-4-3-9(16)7-11(10)17)8-2-5-12-13(6-8)21-15(20)19-12/h2-7,14,18H,1H3,(H,19,20). The van der Waals surface area contributed by atoms with Crippen LogP contribution in [0.2, 0.25) is 10.0 Å². The van der Waals surface area contributed by atoms with Crippen LogP contribution in [0, 0.1) is 0 Å². The molecule has 3 rings (SSSR count). The van der Waals surface area contributed by atoms with E-state index in [0.717, 1.165) is 11.1 Å². The topological polar surface area (TPSA) is 58.0 Å². The second-order valence-corrected chi connectivity index (χ2v) is 5.50. The molecule has 3 aromatic rings. The molecule has 2 aromatic carbocycles. The normalized spacial score (nSPS) is 12.7. The lowest BCUT2D eigenvalue weighted by atomic mass is 9.98. The number of halogens is 2. The van der Waals surface area contributed by atoms with Crippen LogP contribution >= 0.6 is 23.2 Å². The Morgan fingerprint density at radius 2 is 2.00 bits per heavy atom. The number of benzene rings is 2. The second-order valence-electron chi connectivity index (χ2n) is 4.66. The predicted molar refractivity (Wildman–Crippen MR) is 84.2 cm³/mol. The molecule has 21 heavy (non-hydrogen) atoms. The highest BCUT2D eigenvalue weighted by Gasteiger charge is 2.16. The summed E-state index contributed by atoms with van der Waals surface area (Å²) in [5.74, 6) is -0.465. The summed E-state index contributed by atoms with van der Waals surface area (Å²) in [6, 6.07) is 10.8. The van der Waals surface area contributed by atoms with Gasteiger partial charge in [-0.05, 0) is 42.4 Å². The molecule has 1 unspecified atom stereocenters. The number of hydrogen-bond acceptors (Lipinski definition) is 3. The summed E-state index contributed by atoms with van der Waals surface area (Å²) < 4.78 is 5.10. The molecule has 0 aliphatic carbocycles. The molecule has 1 atom stereocenters. The third-order valence-corrected chi connectivity index (χ3v) is 3.90. The SMILES string of the molecule is CNC(c1ccc2[nH]c(=O)oc2c1)c1ccc(Cl)cc1Cl. The minimum atomic E-state index is -0.465. The van der Waals surface area contributed by atoms with Gasteiger partial charge in [0.2, 0.25) is 0 Å². The number of nitrogens with one attached hydrogen (secondary N) is 2. The number of H-pyrrole nitrogens is 1. The number of rotatable bonds is 3. The van der Waals surface area contributed by atoms with Gasteiger partial charge in [0.25, 0.3) is 0 Å². The number of aromatic amines is 1. The van der Waals surface area contributed by atoms with E-state index in [4.69, 9.17) is 27.6 Å². The van der Waals surface area contributed by atoms with Gasteiger partial charge in [-0.25, -0.2) is 4.79 Å². The van der Waals surface area contributed by atoms with Crippen molar-refractivity contribution < 1.29 is 4.42 Å². The Hall–Kier alpha value is -1.75. The van der Waals surface area contributed by atoms with Gasteiger partial charge < -0.3 is 9.73 Å². The highest BCUT2D eigenvalue weighted by Crippen LogP contribution is 2.31. The molecule has 0 amide bonds. The third-order valence-electron chi connectivity index (χ3n) is 3.34. The van der Waals surface area contributed by atoms with Gasteiger partial charge in [0.1, 0.15) is 0 Å². The molecule has 0 aliphatic heterocycles. The van der Waals surface area contributed by atoms with Gasteiger partial charge in [-0.15, -0.1) is 0 Å². The van der Waals surface area contributed by atoms with E-state index in [1.54, 1.807) is 12.1 Å². The fourth-order valence-electron chi connectivity index (χ4n) is 2.38. The van der Waals surface area contributed by atoms with Crippen LogP contribution in [0.15, 0.2) is 45.6 Å². The zero-order valence-corrected chi connectivity index (χ0v) is 12.6. The Kier molecular flexibility index (Phi) is 3.76. The van der Waals surface area contributed by atoms with Crippen LogP contribution in [0.3, 0.4) is 0 Å². The van der Waals surface area contributed by atoms with Gasteiger partial charge in [-0.1, -0.05) is 35.3 Å². The maximum absolute atomic E-state index is 11.2. The highest BCUT2D eigenvalue weighted by atomic mass is 35.5. The first-order valence-corrected chi connectivity index (χ1v) is 7.09. The fourth-order valence-corrected chi connectivity index (χ4v) is 2.90. The average Bonchev–Trinajstić information content (AvgIpc) is 2.81. The Bertz CT molecular complexity index is 854. The second kappa shape index (κ2) is 5.56. The Balaban J connectivity index is 2.10. The van der Waals surface area contributed by atoms with Crippen molar-refractivity contribution in [3.63, 3.8) is 0 Å². The zero-order chi connectivity index (χ0) is 15.0. The zero-order valence-electron chi connectivity index (χ0n) is 11.1. The lowest BCUT2D eigenvalue weighted by Gasteiger charge is -2.18. The Labute approximate surface area is 130 Å². The van der Waals surface area contributed by atoms with Crippen molar-refractivity contribution in [2.75, 3.05) is 7.05 Å². The smallest absolute Gasteiger partial charge is 0.408 e. The molecule has 6 heteroatoms. The molecule has 4 nitrogen and oxygen atoms in total. The van der Waals surface area contributed by atoms with Crippen LogP contribution < -0.4 is 11.1 Å². The van der Waals surface area contributed by atoms with Crippen molar-refractivity contribution in [1.82, 2.24) is 10.3 Å². The largest absolute Gasteiger partial charge is 0.417 e. The van der Waals surface area contributed by atoms with Crippen molar-refractivity contribution in [3.8, 4) is 0 Å². The minimum Gasteiger partial charge on any atom is -0.408 e. The van der Waals surface area contributed by atoms with Crippen LogP contribution in [0.25, 0.3) is 11.1 Å². The van der Waals surface area contributed by atoms with Crippen LogP contribution in [-0.4, -0.2) is 12.0 Å². The molecule has 0 saturated carbocycles. The van der Waals surface area contributed by atoms with E-state index in [9.17, 15) is 4.79 Å². The van der Waals surface area contributed by atoms with Crippen LogP contribution in [0.5, 0.6) is 0 Å². The first kappa shape index (κ1) is 14.2. The summed E-state index contributed by atoms with van der Waals surface area (Å²) >= 11 is 12.2. The van der Waals surface area contributed by atoms with Crippen LogP contribution in [0.1, 0.15) is 17.2 Å². The third kappa shape index (κ3) is 2.70. The van der Waals surface area contributed by atoms with Gasteiger partial charge in [0.15, 0.2) is 5.58 Å². The molecule has 108 valence electrons. The number of aromatic nitrogens is 1. The van der Waals surface area contributed by atoms with Gasteiger partial charge in [-0.2, -0.15) is 0 Å². The maximum atomic E-state index is 11.2. The molecule has 0 fully saturated rings. The molecule has 1 aromatic heterocycles. The van der Waals surface area contributed by atoms with E-state index in [0.29, 0.717) is 21.1 Å². The molecule has 0 bridgehead atoms. The Morgan fingerprint density at radius 1 is 1.19 bits per heavy atom. The maximum Gasteiger partial charge on any atom is 0.417 e.